The maximum atomic E-state index is 12.5. The molecule has 1 fully saturated rings. The molecule has 2 aromatic rings. The zero-order valence-electron chi connectivity index (χ0n) is 14.9. The van der Waals surface area contributed by atoms with Crippen molar-refractivity contribution < 1.29 is 9.53 Å². The van der Waals surface area contributed by atoms with E-state index in [0.717, 1.165) is 43.7 Å². The van der Waals surface area contributed by atoms with Crippen LogP contribution in [0.15, 0.2) is 36.4 Å². The molecule has 1 aromatic carbocycles. The largest absolute Gasteiger partial charge is 0.377 e. The first-order chi connectivity index (χ1) is 12.2. The van der Waals surface area contributed by atoms with Gasteiger partial charge in [0.05, 0.1) is 12.3 Å². The fourth-order valence-electron chi connectivity index (χ4n) is 3.34. The number of rotatable bonds is 7. The normalized spacial score (nSPS) is 17.6. The molecule has 1 amide bonds. The number of nitrogens with one attached hydrogen (secondary N) is 1. The van der Waals surface area contributed by atoms with Gasteiger partial charge >= 0.3 is 0 Å². The number of ether oxygens (including phenoxy) is 1. The summed E-state index contributed by atoms with van der Waals surface area (Å²) in [6.07, 6.45) is 3.48. The standard InChI is InChI=1S/C20H27N3O2/c1-16-13-19(22-21-16)18-9-5-11-23(14-18)20(24)10-6-12-25-15-17-7-3-2-4-8-17/h2-4,7-8,13,18H,5-6,9-12,14-15H2,1H3,(H,21,22)/t18-/m0/s1. The summed E-state index contributed by atoms with van der Waals surface area (Å²) < 4.78 is 5.67. The van der Waals surface area contributed by atoms with E-state index in [4.69, 9.17) is 4.74 Å². The Morgan fingerprint density at radius 1 is 1.36 bits per heavy atom. The predicted octanol–water partition coefficient (Wildman–Crippen LogP) is 3.42. The summed E-state index contributed by atoms with van der Waals surface area (Å²) in [4.78, 5) is 14.5. The lowest BCUT2D eigenvalue weighted by atomic mass is 9.94. The Bertz CT molecular complexity index is 669. The summed E-state index contributed by atoms with van der Waals surface area (Å²) >= 11 is 0. The molecule has 1 atom stereocenters. The van der Waals surface area contributed by atoms with E-state index in [1.807, 2.05) is 30.0 Å². The van der Waals surface area contributed by atoms with Gasteiger partial charge in [-0.05, 0) is 37.8 Å². The highest BCUT2D eigenvalue weighted by Crippen LogP contribution is 2.26. The first-order valence-electron chi connectivity index (χ1n) is 9.14. The quantitative estimate of drug-likeness (QED) is 0.785. The SMILES string of the molecule is Cc1cc([C@H]2CCCN(C(=O)CCCOCc3ccccc3)C2)n[nH]1. The molecule has 25 heavy (non-hydrogen) atoms. The topological polar surface area (TPSA) is 58.2 Å². The van der Waals surface area contributed by atoms with Crippen LogP contribution in [0.25, 0.3) is 0 Å². The molecule has 1 aliphatic heterocycles. The molecule has 5 heteroatoms. The summed E-state index contributed by atoms with van der Waals surface area (Å²) in [5.41, 5.74) is 3.33. The highest BCUT2D eigenvalue weighted by molar-refractivity contribution is 5.76. The highest BCUT2D eigenvalue weighted by Gasteiger charge is 2.25. The second kappa shape index (κ2) is 8.81. The lowest BCUT2D eigenvalue weighted by Crippen LogP contribution is -2.39. The Hall–Kier alpha value is -2.14. The number of H-pyrrole nitrogens is 1. The number of piperidine rings is 1. The Morgan fingerprint density at radius 2 is 2.20 bits per heavy atom. The van der Waals surface area contributed by atoms with Gasteiger partial charge in [-0.15, -0.1) is 0 Å². The van der Waals surface area contributed by atoms with Crippen LogP contribution in [0.4, 0.5) is 0 Å². The van der Waals surface area contributed by atoms with Crippen molar-refractivity contribution in [2.75, 3.05) is 19.7 Å². The average molecular weight is 341 g/mol. The summed E-state index contributed by atoms with van der Waals surface area (Å²) in [5.74, 6) is 0.595. The Labute approximate surface area is 149 Å². The van der Waals surface area contributed by atoms with Gasteiger partial charge in [-0.25, -0.2) is 0 Å². The van der Waals surface area contributed by atoms with Crippen LogP contribution in [0.5, 0.6) is 0 Å². The van der Waals surface area contributed by atoms with E-state index in [-0.39, 0.29) is 5.91 Å². The Kier molecular flexibility index (Phi) is 6.23. The van der Waals surface area contributed by atoms with E-state index in [0.29, 0.717) is 25.6 Å². The zero-order valence-corrected chi connectivity index (χ0v) is 14.9. The molecule has 1 N–H and O–H groups in total. The molecular formula is C20H27N3O2. The number of aromatic amines is 1. The lowest BCUT2D eigenvalue weighted by molar-refractivity contribution is -0.132. The van der Waals surface area contributed by atoms with Crippen LogP contribution in [0.3, 0.4) is 0 Å². The first-order valence-corrected chi connectivity index (χ1v) is 9.14. The van der Waals surface area contributed by atoms with E-state index in [1.54, 1.807) is 0 Å². The number of carbonyl (C=O) groups excluding carboxylic acids is 1. The summed E-state index contributed by atoms with van der Waals surface area (Å²) in [7, 11) is 0. The number of hydrogen-bond donors (Lipinski definition) is 1. The number of likely N-dealkylation sites (tertiary alicyclic amines) is 1. The van der Waals surface area contributed by atoms with Crippen molar-refractivity contribution in [2.45, 2.75) is 45.1 Å². The number of aryl methyl sites for hydroxylation is 1. The molecule has 0 bridgehead atoms. The van der Waals surface area contributed by atoms with Crippen LogP contribution in [0, 0.1) is 6.92 Å². The van der Waals surface area contributed by atoms with Crippen LogP contribution in [0.2, 0.25) is 0 Å². The summed E-state index contributed by atoms with van der Waals surface area (Å²) in [6, 6.07) is 12.2. The third kappa shape index (κ3) is 5.16. The minimum Gasteiger partial charge on any atom is -0.377 e. The maximum Gasteiger partial charge on any atom is 0.222 e. The molecule has 2 heterocycles. The lowest BCUT2D eigenvalue weighted by Gasteiger charge is -2.32. The number of aromatic nitrogens is 2. The highest BCUT2D eigenvalue weighted by atomic mass is 16.5. The second-order valence-electron chi connectivity index (χ2n) is 6.80. The minimum atomic E-state index is 0.236. The molecule has 1 aromatic heterocycles. The van der Waals surface area contributed by atoms with Gasteiger partial charge in [0.15, 0.2) is 0 Å². The van der Waals surface area contributed by atoms with Gasteiger partial charge in [0.25, 0.3) is 0 Å². The molecule has 3 rings (SSSR count). The van der Waals surface area contributed by atoms with Gasteiger partial charge in [0, 0.05) is 37.7 Å². The molecule has 0 radical (unpaired) electrons. The Balaban J connectivity index is 1.37. The first kappa shape index (κ1) is 17.7. The van der Waals surface area contributed by atoms with E-state index in [1.165, 1.54) is 5.56 Å². The molecule has 0 aliphatic carbocycles. The monoisotopic (exact) mass is 341 g/mol. The predicted molar refractivity (Wildman–Crippen MR) is 97.2 cm³/mol. The maximum absolute atomic E-state index is 12.5. The number of carbonyl (C=O) groups is 1. The van der Waals surface area contributed by atoms with E-state index >= 15 is 0 Å². The average Bonchev–Trinajstić information content (AvgIpc) is 3.09. The molecule has 0 unspecified atom stereocenters. The molecule has 134 valence electrons. The Morgan fingerprint density at radius 3 is 2.96 bits per heavy atom. The van der Waals surface area contributed by atoms with E-state index in [9.17, 15) is 4.79 Å². The summed E-state index contributed by atoms with van der Waals surface area (Å²) in [5, 5.41) is 7.37. The van der Waals surface area contributed by atoms with Crippen molar-refractivity contribution in [3.05, 3.63) is 53.3 Å². The molecule has 0 saturated carbocycles. The van der Waals surface area contributed by atoms with Crippen molar-refractivity contribution in [1.29, 1.82) is 0 Å². The number of hydrogen-bond acceptors (Lipinski definition) is 3. The third-order valence-electron chi connectivity index (χ3n) is 4.71. The van der Waals surface area contributed by atoms with Crippen LogP contribution in [0.1, 0.15) is 48.6 Å². The molecule has 0 spiro atoms. The van der Waals surface area contributed by atoms with Gasteiger partial charge in [-0.3, -0.25) is 9.89 Å². The third-order valence-corrected chi connectivity index (χ3v) is 4.71. The van der Waals surface area contributed by atoms with Gasteiger partial charge in [0.1, 0.15) is 0 Å². The van der Waals surface area contributed by atoms with Crippen LogP contribution in [-0.4, -0.2) is 40.7 Å². The van der Waals surface area contributed by atoms with Crippen molar-refractivity contribution in [3.8, 4) is 0 Å². The fourth-order valence-corrected chi connectivity index (χ4v) is 3.34. The minimum absolute atomic E-state index is 0.236. The zero-order chi connectivity index (χ0) is 17.5. The molecule has 1 aliphatic rings. The van der Waals surface area contributed by atoms with E-state index < -0.39 is 0 Å². The fraction of sp³-hybridized carbons (Fsp3) is 0.500. The molecule has 5 nitrogen and oxygen atoms in total. The van der Waals surface area contributed by atoms with Gasteiger partial charge in [0.2, 0.25) is 5.91 Å². The van der Waals surface area contributed by atoms with Gasteiger partial charge in [-0.2, -0.15) is 5.10 Å². The summed E-state index contributed by atoms with van der Waals surface area (Å²) in [6.45, 7) is 4.89. The second-order valence-corrected chi connectivity index (χ2v) is 6.80. The van der Waals surface area contributed by atoms with Crippen LogP contribution >= 0.6 is 0 Å². The smallest absolute Gasteiger partial charge is 0.222 e. The van der Waals surface area contributed by atoms with Crippen molar-refractivity contribution in [1.82, 2.24) is 15.1 Å². The number of benzene rings is 1. The number of amides is 1. The van der Waals surface area contributed by atoms with Gasteiger partial charge < -0.3 is 9.64 Å². The van der Waals surface area contributed by atoms with Crippen LogP contribution < -0.4 is 0 Å². The van der Waals surface area contributed by atoms with Crippen molar-refractivity contribution in [3.63, 3.8) is 0 Å². The van der Waals surface area contributed by atoms with Crippen molar-refractivity contribution >= 4 is 5.91 Å². The number of nitrogens with zero attached hydrogens (tertiary/aromatic N) is 2. The van der Waals surface area contributed by atoms with Gasteiger partial charge in [-0.1, -0.05) is 30.3 Å². The molecule has 1 saturated heterocycles. The molecular weight excluding hydrogens is 314 g/mol. The van der Waals surface area contributed by atoms with E-state index in [2.05, 4.69) is 28.4 Å². The van der Waals surface area contributed by atoms with Crippen molar-refractivity contribution in [2.24, 2.45) is 0 Å². The van der Waals surface area contributed by atoms with Crippen LogP contribution in [-0.2, 0) is 16.1 Å².